The molecule has 0 heterocycles. The average molecular weight is 301 g/mol. The summed E-state index contributed by atoms with van der Waals surface area (Å²) in [7, 11) is 0. The zero-order valence-electron chi connectivity index (χ0n) is 10.1. The molecular formula is C13H17BrO3. The number of aromatic carboxylic acids is 1. The zero-order chi connectivity index (χ0) is 12.8. The van der Waals surface area contributed by atoms with Crippen LogP contribution < -0.4 is 4.74 Å². The van der Waals surface area contributed by atoms with Gasteiger partial charge in [-0.2, -0.15) is 0 Å². The zero-order valence-corrected chi connectivity index (χ0v) is 11.7. The lowest BCUT2D eigenvalue weighted by molar-refractivity contribution is 0.0696. The number of carboxylic acid groups (broad SMARTS) is 1. The molecule has 0 radical (unpaired) electrons. The molecule has 1 rings (SSSR count). The molecule has 1 aromatic carbocycles. The minimum atomic E-state index is -0.940. The highest BCUT2D eigenvalue weighted by Gasteiger charge is 2.07. The number of benzene rings is 1. The summed E-state index contributed by atoms with van der Waals surface area (Å²) < 4.78 is 6.35. The molecule has 0 atom stereocenters. The first-order valence-corrected chi connectivity index (χ1v) is 6.45. The van der Waals surface area contributed by atoms with Crippen LogP contribution in [0.5, 0.6) is 5.75 Å². The molecule has 0 unspecified atom stereocenters. The Morgan fingerprint density at radius 1 is 1.47 bits per heavy atom. The average Bonchev–Trinajstić information content (AvgIpc) is 2.25. The van der Waals surface area contributed by atoms with Crippen LogP contribution in [0.3, 0.4) is 0 Å². The summed E-state index contributed by atoms with van der Waals surface area (Å²) >= 11 is 3.34. The van der Waals surface area contributed by atoms with Crippen LogP contribution in [-0.2, 0) is 0 Å². The van der Waals surface area contributed by atoms with Gasteiger partial charge in [-0.05, 0) is 52.9 Å². The third kappa shape index (κ3) is 4.77. The van der Waals surface area contributed by atoms with E-state index in [2.05, 4.69) is 29.8 Å². The predicted molar refractivity (Wildman–Crippen MR) is 70.7 cm³/mol. The maximum Gasteiger partial charge on any atom is 0.335 e. The van der Waals surface area contributed by atoms with Crippen LogP contribution in [0.2, 0.25) is 0 Å². The summed E-state index contributed by atoms with van der Waals surface area (Å²) in [6, 6.07) is 4.79. The standard InChI is InChI=1S/C13H17BrO3/c1-9(2)4-3-7-17-12-8-10(13(15)16)5-6-11(12)14/h5-6,8-9H,3-4,7H2,1-2H3,(H,15,16). The number of carboxylic acids is 1. The summed E-state index contributed by atoms with van der Waals surface area (Å²) in [4.78, 5) is 10.8. The van der Waals surface area contributed by atoms with Gasteiger partial charge in [0.15, 0.2) is 0 Å². The van der Waals surface area contributed by atoms with Crippen molar-refractivity contribution < 1.29 is 14.6 Å². The van der Waals surface area contributed by atoms with Crippen LogP contribution in [0.15, 0.2) is 22.7 Å². The van der Waals surface area contributed by atoms with Crippen molar-refractivity contribution in [3.63, 3.8) is 0 Å². The monoisotopic (exact) mass is 300 g/mol. The number of rotatable bonds is 6. The Morgan fingerprint density at radius 2 is 2.18 bits per heavy atom. The third-order valence-electron chi connectivity index (χ3n) is 2.36. The molecular weight excluding hydrogens is 284 g/mol. The van der Waals surface area contributed by atoms with E-state index in [1.807, 2.05) is 0 Å². The Kier molecular flexibility index (Phi) is 5.48. The minimum Gasteiger partial charge on any atom is -0.492 e. The maximum absolute atomic E-state index is 10.8. The summed E-state index contributed by atoms with van der Waals surface area (Å²) in [5.41, 5.74) is 0.243. The van der Waals surface area contributed by atoms with E-state index in [1.165, 1.54) is 0 Å². The normalized spacial score (nSPS) is 10.6. The molecule has 94 valence electrons. The van der Waals surface area contributed by atoms with Crippen molar-refractivity contribution in [1.29, 1.82) is 0 Å². The van der Waals surface area contributed by atoms with E-state index in [0.29, 0.717) is 18.3 Å². The van der Waals surface area contributed by atoms with Crippen molar-refractivity contribution in [2.24, 2.45) is 5.92 Å². The SMILES string of the molecule is CC(C)CCCOc1cc(C(=O)O)ccc1Br. The molecule has 0 aliphatic carbocycles. The van der Waals surface area contributed by atoms with E-state index >= 15 is 0 Å². The molecule has 17 heavy (non-hydrogen) atoms. The van der Waals surface area contributed by atoms with Crippen LogP contribution in [0, 0.1) is 5.92 Å². The largest absolute Gasteiger partial charge is 0.492 e. The molecule has 0 saturated heterocycles. The topological polar surface area (TPSA) is 46.5 Å². The lowest BCUT2D eigenvalue weighted by Gasteiger charge is -2.09. The van der Waals surface area contributed by atoms with Gasteiger partial charge in [0.25, 0.3) is 0 Å². The Bertz CT molecular complexity index is 388. The van der Waals surface area contributed by atoms with Crippen molar-refractivity contribution in [1.82, 2.24) is 0 Å². The van der Waals surface area contributed by atoms with Crippen molar-refractivity contribution in [3.8, 4) is 5.75 Å². The summed E-state index contributed by atoms with van der Waals surface area (Å²) in [5.74, 6) is 0.311. The fraction of sp³-hybridized carbons (Fsp3) is 0.462. The van der Waals surface area contributed by atoms with E-state index in [1.54, 1.807) is 18.2 Å². The molecule has 0 aromatic heterocycles. The second-order valence-electron chi connectivity index (χ2n) is 4.33. The van der Waals surface area contributed by atoms with Gasteiger partial charge in [0.2, 0.25) is 0 Å². The van der Waals surface area contributed by atoms with Gasteiger partial charge >= 0.3 is 5.97 Å². The van der Waals surface area contributed by atoms with Gasteiger partial charge in [-0.15, -0.1) is 0 Å². The van der Waals surface area contributed by atoms with E-state index < -0.39 is 5.97 Å². The smallest absolute Gasteiger partial charge is 0.335 e. The quantitative estimate of drug-likeness (QED) is 0.809. The number of carbonyl (C=O) groups is 1. The van der Waals surface area contributed by atoms with Crippen LogP contribution >= 0.6 is 15.9 Å². The Hall–Kier alpha value is -1.03. The molecule has 0 spiro atoms. The number of halogens is 1. The number of hydrogen-bond donors (Lipinski definition) is 1. The van der Waals surface area contributed by atoms with E-state index in [9.17, 15) is 4.79 Å². The molecule has 0 amide bonds. The molecule has 0 aliphatic heterocycles. The van der Waals surface area contributed by atoms with Crippen LogP contribution in [-0.4, -0.2) is 17.7 Å². The maximum atomic E-state index is 10.8. The van der Waals surface area contributed by atoms with Gasteiger partial charge in [-0.3, -0.25) is 0 Å². The first kappa shape index (κ1) is 14.0. The van der Waals surface area contributed by atoms with E-state index in [-0.39, 0.29) is 5.56 Å². The van der Waals surface area contributed by atoms with E-state index in [0.717, 1.165) is 17.3 Å². The molecule has 0 bridgehead atoms. The second kappa shape index (κ2) is 6.64. The lowest BCUT2D eigenvalue weighted by Crippen LogP contribution is -2.02. The second-order valence-corrected chi connectivity index (χ2v) is 5.19. The molecule has 0 saturated carbocycles. The van der Waals surface area contributed by atoms with Gasteiger partial charge < -0.3 is 9.84 Å². The Labute approximate surface area is 110 Å². The minimum absolute atomic E-state index is 0.243. The molecule has 0 fully saturated rings. The van der Waals surface area contributed by atoms with Gasteiger partial charge in [0, 0.05) is 0 Å². The van der Waals surface area contributed by atoms with Crippen molar-refractivity contribution in [3.05, 3.63) is 28.2 Å². The highest BCUT2D eigenvalue weighted by molar-refractivity contribution is 9.10. The van der Waals surface area contributed by atoms with Crippen molar-refractivity contribution in [2.45, 2.75) is 26.7 Å². The van der Waals surface area contributed by atoms with Gasteiger partial charge in [0.05, 0.1) is 16.6 Å². The Balaban J connectivity index is 2.57. The van der Waals surface area contributed by atoms with Gasteiger partial charge in [0.1, 0.15) is 5.75 Å². The Morgan fingerprint density at radius 3 is 2.76 bits per heavy atom. The predicted octanol–water partition coefficient (Wildman–Crippen LogP) is 3.96. The molecule has 3 nitrogen and oxygen atoms in total. The van der Waals surface area contributed by atoms with Crippen molar-refractivity contribution >= 4 is 21.9 Å². The highest BCUT2D eigenvalue weighted by Crippen LogP contribution is 2.26. The van der Waals surface area contributed by atoms with Crippen molar-refractivity contribution in [2.75, 3.05) is 6.61 Å². The van der Waals surface area contributed by atoms with E-state index in [4.69, 9.17) is 9.84 Å². The van der Waals surface area contributed by atoms with Crippen LogP contribution in [0.1, 0.15) is 37.0 Å². The third-order valence-corrected chi connectivity index (χ3v) is 3.02. The number of ether oxygens (including phenoxy) is 1. The highest BCUT2D eigenvalue weighted by atomic mass is 79.9. The van der Waals surface area contributed by atoms with Crippen LogP contribution in [0.25, 0.3) is 0 Å². The first-order valence-electron chi connectivity index (χ1n) is 5.66. The molecule has 0 aliphatic rings. The summed E-state index contributed by atoms with van der Waals surface area (Å²) in [6.45, 7) is 4.95. The molecule has 4 heteroatoms. The van der Waals surface area contributed by atoms with Crippen LogP contribution in [0.4, 0.5) is 0 Å². The number of hydrogen-bond acceptors (Lipinski definition) is 2. The lowest BCUT2D eigenvalue weighted by atomic mass is 10.1. The first-order chi connectivity index (χ1) is 8.00. The summed E-state index contributed by atoms with van der Waals surface area (Å²) in [5, 5.41) is 8.87. The molecule has 1 N–H and O–H groups in total. The summed E-state index contributed by atoms with van der Waals surface area (Å²) in [6.07, 6.45) is 2.08. The molecule has 1 aromatic rings. The van der Waals surface area contributed by atoms with Gasteiger partial charge in [-0.25, -0.2) is 4.79 Å². The van der Waals surface area contributed by atoms with Gasteiger partial charge in [-0.1, -0.05) is 13.8 Å². The fourth-order valence-corrected chi connectivity index (χ4v) is 1.78. The fourth-order valence-electron chi connectivity index (χ4n) is 1.42.